The molecule has 0 aromatic heterocycles. The van der Waals surface area contributed by atoms with Gasteiger partial charge in [0.05, 0.1) is 0 Å². The van der Waals surface area contributed by atoms with Crippen LogP contribution in [0.25, 0.3) is 0 Å². The summed E-state index contributed by atoms with van der Waals surface area (Å²) in [6, 6.07) is 0.627. The lowest BCUT2D eigenvalue weighted by molar-refractivity contribution is 0.134. The third-order valence-corrected chi connectivity index (χ3v) is 3.65. The van der Waals surface area contributed by atoms with Gasteiger partial charge < -0.3 is 9.80 Å². The molecule has 3 heteroatoms. The number of rotatable bonds is 1. The molecule has 0 spiro atoms. The van der Waals surface area contributed by atoms with Crippen LogP contribution in [0.3, 0.4) is 0 Å². The molecule has 2 saturated heterocycles. The van der Waals surface area contributed by atoms with E-state index in [1.54, 1.807) is 0 Å². The lowest BCUT2D eigenvalue weighted by Gasteiger charge is -2.38. The van der Waals surface area contributed by atoms with Crippen molar-refractivity contribution in [3.63, 3.8) is 0 Å². The molecule has 0 bridgehead atoms. The van der Waals surface area contributed by atoms with Crippen molar-refractivity contribution in [1.29, 1.82) is 0 Å². The topological polar surface area (TPSA) is 20.6 Å². The maximum atomic E-state index is 4.77. The van der Waals surface area contributed by atoms with Gasteiger partial charge in [0.2, 0.25) is 0 Å². The van der Waals surface area contributed by atoms with Crippen molar-refractivity contribution in [2.45, 2.75) is 18.9 Å². The fraction of sp³-hybridized carbons (Fsp3) is 1.00. The van der Waals surface area contributed by atoms with Crippen LogP contribution < -0.4 is 5.32 Å². The largest absolute Gasteiger partial charge is 0.306 e. The van der Waals surface area contributed by atoms with Crippen molar-refractivity contribution in [3.8, 4) is 0 Å². The molecule has 81 valence electrons. The Morgan fingerprint density at radius 2 is 1.71 bits per heavy atom. The van der Waals surface area contributed by atoms with E-state index < -0.39 is 0 Å². The molecule has 2 heterocycles. The number of likely N-dealkylation sites (tertiary alicyclic amines) is 1. The molecule has 0 aliphatic carbocycles. The van der Waals surface area contributed by atoms with Gasteiger partial charge in [0.1, 0.15) is 0 Å². The van der Waals surface area contributed by atoms with Crippen molar-refractivity contribution in [1.82, 2.24) is 15.1 Å². The van der Waals surface area contributed by atoms with Crippen LogP contribution in [0.15, 0.2) is 0 Å². The fourth-order valence-electron chi connectivity index (χ4n) is 2.57. The summed E-state index contributed by atoms with van der Waals surface area (Å²) in [6.07, 6.45) is 2.69. The van der Waals surface area contributed by atoms with Crippen molar-refractivity contribution in [2.75, 3.05) is 46.8 Å². The molecular formula is C11H22N3. The lowest BCUT2D eigenvalue weighted by Crippen LogP contribution is -2.50. The highest BCUT2D eigenvalue weighted by Gasteiger charge is 2.28. The highest BCUT2D eigenvalue weighted by molar-refractivity contribution is 4.85. The van der Waals surface area contributed by atoms with Crippen LogP contribution in [0, 0.1) is 5.92 Å². The Balaban J connectivity index is 1.82. The molecule has 2 aliphatic heterocycles. The second-order valence-corrected chi connectivity index (χ2v) is 4.88. The van der Waals surface area contributed by atoms with E-state index in [1.165, 1.54) is 32.5 Å². The number of piperazine rings is 1. The van der Waals surface area contributed by atoms with Gasteiger partial charge in [-0.15, -0.1) is 0 Å². The predicted molar refractivity (Wildman–Crippen MR) is 58.5 cm³/mol. The van der Waals surface area contributed by atoms with E-state index in [0.717, 1.165) is 19.0 Å². The lowest BCUT2D eigenvalue weighted by atomic mass is 9.88. The Kier molecular flexibility index (Phi) is 3.42. The Morgan fingerprint density at radius 3 is 2.36 bits per heavy atom. The third-order valence-electron chi connectivity index (χ3n) is 3.65. The summed E-state index contributed by atoms with van der Waals surface area (Å²) in [7, 11) is 4.44. The smallest absolute Gasteiger partial charge is 0.0402 e. The number of piperidine rings is 1. The summed E-state index contributed by atoms with van der Waals surface area (Å²) in [4.78, 5) is 4.86. The molecule has 2 aliphatic rings. The number of hydrogen-bond donors (Lipinski definition) is 0. The van der Waals surface area contributed by atoms with Gasteiger partial charge in [-0.3, -0.25) is 0 Å². The van der Waals surface area contributed by atoms with E-state index in [9.17, 15) is 0 Å². The zero-order valence-corrected chi connectivity index (χ0v) is 9.45. The first-order chi connectivity index (χ1) is 6.75. The normalized spacial score (nSPS) is 33.4. The minimum Gasteiger partial charge on any atom is -0.306 e. The summed E-state index contributed by atoms with van der Waals surface area (Å²) in [6.45, 7) is 5.92. The Bertz CT molecular complexity index is 175. The van der Waals surface area contributed by atoms with Gasteiger partial charge in [-0.25, -0.2) is 5.32 Å². The minimum atomic E-state index is 0.627. The van der Waals surface area contributed by atoms with Crippen LogP contribution in [-0.2, 0) is 0 Å². The van der Waals surface area contributed by atoms with Crippen molar-refractivity contribution < 1.29 is 0 Å². The standard InChI is InChI=1S/C11H22N3/c1-13-6-3-10(4-7-13)11-9-14(2)8-5-12-11/h10-11H,3-9H2,1-2H3. The third kappa shape index (κ3) is 2.47. The summed E-state index contributed by atoms with van der Waals surface area (Å²) >= 11 is 0. The highest BCUT2D eigenvalue weighted by atomic mass is 15.2. The maximum Gasteiger partial charge on any atom is 0.0402 e. The number of nitrogens with zero attached hydrogens (tertiary/aromatic N) is 3. The minimum absolute atomic E-state index is 0.627. The average molecular weight is 196 g/mol. The van der Waals surface area contributed by atoms with Gasteiger partial charge in [0.25, 0.3) is 0 Å². The van der Waals surface area contributed by atoms with Crippen LogP contribution in [0.5, 0.6) is 0 Å². The second kappa shape index (κ2) is 4.60. The molecule has 0 saturated carbocycles. The Hall–Kier alpha value is -0.120. The first-order valence-electron chi connectivity index (χ1n) is 5.79. The molecule has 1 unspecified atom stereocenters. The summed E-state index contributed by atoms with van der Waals surface area (Å²) < 4.78 is 0. The molecule has 3 nitrogen and oxygen atoms in total. The van der Waals surface area contributed by atoms with Gasteiger partial charge in [0, 0.05) is 25.7 Å². The molecule has 1 atom stereocenters. The number of likely N-dealkylation sites (N-methyl/N-ethyl adjacent to an activating group) is 1. The van der Waals surface area contributed by atoms with E-state index >= 15 is 0 Å². The molecule has 14 heavy (non-hydrogen) atoms. The van der Waals surface area contributed by atoms with Gasteiger partial charge in [-0.2, -0.15) is 0 Å². The van der Waals surface area contributed by atoms with E-state index in [1.807, 2.05) is 0 Å². The molecule has 2 rings (SSSR count). The SMILES string of the molecule is CN1CCC(C2CN(C)CC[N]2)CC1. The molecule has 2 fully saturated rings. The van der Waals surface area contributed by atoms with E-state index in [0.29, 0.717) is 6.04 Å². The first-order valence-corrected chi connectivity index (χ1v) is 5.79. The van der Waals surface area contributed by atoms with Crippen molar-refractivity contribution in [3.05, 3.63) is 0 Å². The summed E-state index contributed by atoms with van der Waals surface area (Å²) in [5.41, 5.74) is 0. The van der Waals surface area contributed by atoms with Crippen LogP contribution in [0.2, 0.25) is 0 Å². The quantitative estimate of drug-likeness (QED) is 0.599. The average Bonchev–Trinajstić information content (AvgIpc) is 2.19. The molecule has 0 aromatic carbocycles. The van der Waals surface area contributed by atoms with E-state index in [2.05, 4.69) is 23.9 Å². The van der Waals surface area contributed by atoms with Gasteiger partial charge >= 0.3 is 0 Å². The van der Waals surface area contributed by atoms with Crippen LogP contribution in [0.1, 0.15) is 12.8 Å². The van der Waals surface area contributed by atoms with Crippen LogP contribution in [-0.4, -0.2) is 62.7 Å². The predicted octanol–water partition coefficient (Wildman–Crippen LogP) is 0.247. The highest BCUT2D eigenvalue weighted by Crippen LogP contribution is 2.22. The van der Waals surface area contributed by atoms with Crippen LogP contribution >= 0.6 is 0 Å². The summed E-state index contributed by atoms with van der Waals surface area (Å²) in [5.74, 6) is 0.856. The van der Waals surface area contributed by atoms with E-state index in [-0.39, 0.29) is 0 Å². The summed E-state index contributed by atoms with van der Waals surface area (Å²) in [5, 5.41) is 4.77. The molecule has 0 amide bonds. The molecule has 0 N–H and O–H groups in total. The van der Waals surface area contributed by atoms with Crippen molar-refractivity contribution >= 4 is 0 Å². The Morgan fingerprint density at radius 1 is 1.00 bits per heavy atom. The monoisotopic (exact) mass is 196 g/mol. The molecule has 1 radical (unpaired) electrons. The van der Waals surface area contributed by atoms with Gasteiger partial charge in [-0.05, 0) is 45.9 Å². The Labute approximate surface area is 87.4 Å². The van der Waals surface area contributed by atoms with E-state index in [4.69, 9.17) is 5.32 Å². The first kappa shape index (κ1) is 10.4. The van der Waals surface area contributed by atoms with Gasteiger partial charge in [-0.1, -0.05) is 0 Å². The zero-order valence-electron chi connectivity index (χ0n) is 9.45. The maximum absolute atomic E-state index is 4.77. The molecule has 0 aromatic rings. The molecular weight excluding hydrogens is 174 g/mol. The second-order valence-electron chi connectivity index (χ2n) is 4.88. The van der Waals surface area contributed by atoms with Crippen LogP contribution in [0.4, 0.5) is 0 Å². The fourth-order valence-corrected chi connectivity index (χ4v) is 2.57. The van der Waals surface area contributed by atoms with Crippen molar-refractivity contribution in [2.24, 2.45) is 5.92 Å². The zero-order chi connectivity index (χ0) is 9.97. The number of hydrogen-bond acceptors (Lipinski definition) is 2. The van der Waals surface area contributed by atoms with Gasteiger partial charge in [0.15, 0.2) is 0 Å².